The predicted molar refractivity (Wildman–Crippen MR) is 121 cm³/mol. The van der Waals surface area contributed by atoms with E-state index in [1.165, 1.54) is 0 Å². The number of carbonyl (C=O) groups is 2. The number of carbonyl (C=O) groups excluding carboxylic acids is 2. The summed E-state index contributed by atoms with van der Waals surface area (Å²) in [5.41, 5.74) is 3.91. The lowest BCUT2D eigenvalue weighted by molar-refractivity contribution is 0.0980. The first-order chi connectivity index (χ1) is 14.8. The third-order valence-corrected chi connectivity index (χ3v) is 5.68. The van der Waals surface area contributed by atoms with E-state index in [0.717, 1.165) is 11.1 Å². The summed E-state index contributed by atoms with van der Waals surface area (Å²) in [5.74, 6) is 0.907. The van der Waals surface area contributed by atoms with E-state index in [2.05, 4.69) is 0 Å². The first-order valence-electron chi connectivity index (χ1n) is 10.5. The molecule has 1 heterocycles. The van der Waals surface area contributed by atoms with E-state index in [1.807, 2.05) is 32.9 Å². The summed E-state index contributed by atoms with van der Waals surface area (Å²) in [7, 11) is 3.10. The largest absolute Gasteiger partial charge is 0.497 e. The number of fused-ring (bicyclic) bond motifs is 1. The van der Waals surface area contributed by atoms with E-state index >= 15 is 0 Å². The Labute approximate surface area is 183 Å². The maximum Gasteiger partial charge on any atom is 0.414 e. The van der Waals surface area contributed by atoms with Gasteiger partial charge >= 0.3 is 6.09 Å². The number of methoxy groups -OCH3 is 2. The molecular formula is C24H30N2O5. The molecule has 0 bridgehead atoms. The number of rotatable bonds is 5. The zero-order valence-corrected chi connectivity index (χ0v) is 19.0. The number of benzene rings is 2. The molecule has 0 radical (unpaired) electrons. The minimum atomic E-state index is -0.394. The second-order valence-electron chi connectivity index (χ2n) is 7.57. The van der Waals surface area contributed by atoms with Gasteiger partial charge in [0.25, 0.3) is 5.91 Å². The highest BCUT2D eigenvalue weighted by Gasteiger charge is 2.37. The number of hydrogen-bond acceptors (Lipinski definition) is 5. The monoisotopic (exact) mass is 426 g/mol. The molecule has 7 heteroatoms. The molecule has 2 aromatic rings. The van der Waals surface area contributed by atoms with E-state index in [1.54, 1.807) is 49.1 Å². The average Bonchev–Trinajstić information content (AvgIpc) is 2.78. The summed E-state index contributed by atoms with van der Waals surface area (Å²) in [5, 5.41) is 0. The molecule has 0 N–H and O–H groups in total. The molecule has 166 valence electrons. The summed E-state index contributed by atoms with van der Waals surface area (Å²) >= 11 is 0. The maximum absolute atomic E-state index is 13.6. The summed E-state index contributed by atoms with van der Waals surface area (Å²) in [6.07, 6.45) is 0.283. The van der Waals surface area contributed by atoms with Gasteiger partial charge in [0, 0.05) is 18.2 Å². The first-order valence-corrected chi connectivity index (χ1v) is 10.5. The Morgan fingerprint density at radius 3 is 2.03 bits per heavy atom. The Balaban J connectivity index is 2.13. The van der Waals surface area contributed by atoms with E-state index < -0.39 is 6.09 Å². The van der Waals surface area contributed by atoms with Crippen LogP contribution in [-0.2, 0) is 4.74 Å². The quantitative estimate of drug-likeness (QED) is 0.692. The lowest BCUT2D eigenvalue weighted by atomic mass is 9.99. The molecule has 0 fully saturated rings. The minimum absolute atomic E-state index is 0.177. The van der Waals surface area contributed by atoms with E-state index in [4.69, 9.17) is 14.2 Å². The van der Waals surface area contributed by atoms with Gasteiger partial charge in [-0.15, -0.1) is 0 Å². The van der Waals surface area contributed by atoms with Crippen molar-refractivity contribution in [2.75, 3.05) is 37.2 Å². The summed E-state index contributed by atoms with van der Waals surface area (Å²) in [6.45, 7) is 8.43. The second-order valence-corrected chi connectivity index (χ2v) is 7.57. The fourth-order valence-corrected chi connectivity index (χ4v) is 3.81. The molecule has 1 aliphatic rings. The van der Waals surface area contributed by atoms with Gasteiger partial charge in [-0.25, -0.2) is 4.79 Å². The molecule has 0 saturated carbocycles. The Bertz CT molecular complexity index is 966. The van der Waals surface area contributed by atoms with E-state index in [-0.39, 0.29) is 18.6 Å². The fraction of sp³-hybridized carbons (Fsp3) is 0.417. The molecule has 2 amide bonds. The zero-order valence-electron chi connectivity index (χ0n) is 19.0. The zero-order chi connectivity index (χ0) is 22.7. The number of aryl methyl sites for hydroxylation is 2. The molecule has 1 atom stereocenters. The highest BCUT2D eigenvalue weighted by atomic mass is 16.6. The molecule has 2 aromatic carbocycles. The van der Waals surface area contributed by atoms with Crippen molar-refractivity contribution in [1.29, 1.82) is 0 Å². The van der Waals surface area contributed by atoms with Crippen molar-refractivity contribution in [1.82, 2.24) is 0 Å². The van der Waals surface area contributed by atoms with Crippen molar-refractivity contribution in [2.24, 2.45) is 0 Å². The van der Waals surface area contributed by atoms with E-state index in [0.29, 0.717) is 41.4 Å². The highest BCUT2D eigenvalue weighted by molar-refractivity contribution is 6.10. The molecule has 31 heavy (non-hydrogen) atoms. The van der Waals surface area contributed by atoms with Crippen LogP contribution in [0.15, 0.2) is 30.3 Å². The first kappa shape index (κ1) is 22.5. The molecule has 7 nitrogen and oxygen atoms in total. The minimum Gasteiger partial charge on any atom is -0.497 e. The summed E-state index contributed by atoms with van der Waals surface area (Å²) < 4.78 is 16.0. The topological polar surface area (TPSA) is 68.3 Å². The SMILES string of the molecule is CCOC(=O)N1c2cc(C)c(C)cc2N(C(=O)c2cc(OC)cc(OC)c2)CC1CC. The van der Waals surface area contributed by atoms with Gasteiger partial charge in [-0.05, 0) is 62.6 Å². The Hall–Kier alpha value is -3.22. The highest BCUT2D eigenvalue weighted by Crippen LogP contribution is 2.40. The van der Waals surface area contributed by atoms with Crippen molar-refractivity contribution in [2.45, 2.75) is 40.2 Å². The fourth-order valence-electron chi connectivity index (χ4n) is 3.81. The molecule has 0 aliphatic carbocycles. The van der Waals surface area contributed by atoms with Crippen molar-refractivity contribution in [3.63, 3.8) is 0 Å². The van der Waals surface area contributed by atoms with Crippen LogP contribution in [-0.4, -0.2) is 45.4 Å². The van der Waals surface area contributed by atoms with Gasteiger partial charge in [0.15, 0.2) is 0 Å². The molecule has 1 aliphatic heterocycles. The normalized spacial score (nSPS) is 15.4. The number of anilines is 2. The standard InChI is InChI=1S/C24H30N2O5/c1-7-18-14-25(23(27)17-11-19(29-5)13-20(12-17)30-6)21-9-15(3)16(4)10-22(21)26(18)24(28)31-8-2/h9-13,18H,7-8,14H2,1-6H3. The van der Waals surface area contributed by atoms with Gasteiger partial charge in [-0.1, -0.05) is 6.92 Å². The molecule has 0 spiro atoms. The summed E-state index contributed by atoms with van der Waals surface area (Å²) in [4.78, 5) is 29.9. The van der Waals surface area contributed by atoms with E-state index in [9.17, 15) is 9.59 Å². The van der Waals surface area contributed by atoms with Crippen LogP contribution in [0.3, 0.4) is 0 Å². The lowest BCUT2D eigenvalue weighted by Gasteiger charge is -2.42. The number of ether oxygens (including phenoxy) is 3. The Morgan fingerprint density at radius 2 is 1.52 bits per heavy atom. The number of amides is 2. The predicted octanol–water partition coefficient (Wildman–Crippen LogP) is 4.72. The van der Waals surface area contributed by atoms with Crippen LogP contribution < -0.4 is 19.3 Å². The van der Waals surface area contributed by atoms with Crippen LogP contribution in [0.5, 0.6) is 11.5 Å². The Kier molecular flexibility index (Phi) is 6.73. The van der Waals surface area contributed by atoms with Crippen molar-refractivity contribution >= 4 is 23.4 Å². The van der Waals surface area contributed by atoms with Crippen molar-refractivity contribution in [3.05, 3.63) is 47.0 Å². The maximum atomic E-state index is 13.6. The third kappa shape index (κ3) is 4.31. The van der Waals surface area contributed by atoms with Crippen LogP contribution in [0.2, 0.25) is 0 Å². The van der Waals surface area contributed by atoms with Crippen molar-refractivity contribution < 1.29 is 23.8 Å². The molecule has 1 unspecified atom stereocenters. The summed E-state index contributed by atoms with van der Waals surface area (Å²) in [6, 6.07) is 8.83. The van der Waals surface area contributed by atoms with Gasteiger partial charge in [0.05, 0.1) is 38.2 Å². The van der Waals surface area contributed by atoms with Gasteiger partial charge in [-0.2, -0.15) is 0 Å². The Morgan fingerprint density at radius 1 is 0.935 bits per heavy atom. The van der Waals surface area contributed by atoms with Crippen LogP contribution in [0.4, 0.5) is 16.2 Å². The number of hydrogen-bond donors (Lipinski definition) is 0. The van der Waals surface area contributed by atoms with Crippen LogP contribution in [0.1, 0.15) is 41.8 Å². The molecular weight excluding hydrogens is 396 g/mol. The van der Waals surface area contributed by atoms with Gasteiger partial charge in [0.2, 0.25) is 0 Å². The number of nitrogens with zero attached hydrogens (tertiary/aromatic N) is 2. The van der Waals surface area contributed by atoms with Crippen molar-refractivity contribution in [3.8, 4) is 11.5 Å². The van der Waals surface area contributed by atoms with Gasteiger partial charge in [0.1, 0.15) is 11.5 Å². The molecule has 0 aromatic heterocycles. The smallest absolute Gasteiger partial charge is 0.414 e. The molecule has 3 rings (SSSR count). The van der Waals surface area contributed by atoms with Gasteiger partial charge in [-0.3, -0.25) is 9.69 Å². The van der Waals surface area contributed by atoms with Crippen LogP contribution >= 0.6 is 0 Å². The average molecular weight is 427 g/mol. The second kappa shape index (κ2) is 9.29. The third-order valence-electron chi connectivity index (χ3n) is 5.68. The lowest BCUT2D eigenvalue weighted by Crippen LogP contribution is -2.53. The van der Waals surface area contributed by atoms with Crippen LogP contribution in [0.25, 0.3) is 0 Å². The molecule has 0 saturated heterocycles. The van der Waals surface area contributed by atoms with Gasteiger partial charge < -0.3 is 19.1 Å². The van der Waals surface area contributed by atoms with Crippen LogP contribution in [0, 0.1) is 13.8 Å².